The average molecular weight is 673 g/mol. The molecule has 4 aromatic rings. The lowest BCUT2D eigenvalue weighted by atomic mass is 10.2. The molecule has 0 aliphatic heterocycles. The van der Waals surface area contributed by atoms with E-state index in [1.807, 2.05) is 0 Å². The molecule has 0 spiro atoms. The van der Waals surface area contributed by atoms with E-state index < -0.39 is 47.6 Å². The molecule has 4 rings (SSSR count). The van der Waals surface area contributed by atoms with Gasteiger partial charge in [-0.2, -0.15) is 25.3 Å². The Balaban J connectivity index is 1.70. The zero-order chi connectivity index (χ0) is 32.7. The van der Waals surface area contributed by atoms with Crippen molar-refractivity contribution in [3.8, 4) is 17.2 Å². The fourth-order valence-electron chi connectivity index (χ4n) is 3.88. The highest BCUT2D eigenvalue weighted by Gasteiger charge is 2.24. The maximum Gasteiger partial charge on any atom is 0.339 e. The summed E-state index contributed by atoms with van der Waals surface area (Å²) in [5.74, 6) is -1.65. The van der Waals surface area contributed by atoms with Crippen molar-refractivity contribution in [2.45, 2.75) is 33.9 Å². The third kappa shape index (κ3) is 8.62. The van der Waals surface area contributed by atoms with Crippen LogP contribution < -0.4 is 12.5 Å². The molecule has 234 valence electrons. The van der Waals surface area contributed by atoms with Crippen molar-refractivity contribution in [2.24, 2.45) is 0 Å². The summed E-state index contributed by atoms with van der Waals surface area (Å²) < 4.78 is 93.7. The maximum absolute atomic E-state index is 13.0. The number of aldehydes is 3. The number of rotatable bonds is 15. The highest BCUT2D eigenvalue weighted by molar-refractivity contribution is 7.87. The molecule has 0 fully saturated rings. The van der Waals surface area contributed by atoms with Gasteiger partial charge in [-0.15, -0.1) is 0 Å². The first-order valence-electron chi connectivity index (χ1n) is 12.9. The van der Waals surface area contributed by atoms with Crippen molar-refractivity contribution in [3.05, 3.63) is 108 Å². The van der Waals surface area contributed by atoms with Gasteiger partial charge in [-0.25, -0.2) is 0 Å². The molecular weight excluding hydrogens is 649 g/mol. The maximum atomic E-state index is 13.0. The van der Waals surface area contributed by atoms with Gasteiger partial charge >= 0.3 is 30.4 Å². The van der Waals surface area contributed by atoms with Crippen LogP contribution in [0.15, 0.2) is 106 Å². The Bertz CT molecular complexity index is 1770. The SMILES string of the molecule is O=CCc1ccc(S(=O)(=O)Oc2cc(OS(=O)(=O)c3ccc(CC=O)cc3)cc(OS(=O)(=O)c3ccc(CC=O)cc3)c2)cc1. The lowest BCUT2D eigenvalue weighted by molar-refractivity contribution is -0.108. The minimum atomic E-state index is -4.55. The lowest BCUT2D eigenvalue weighted by Gasteiger charge is -2.13. The van der Waals surface area contributed by atoms with Crippen molar-refractivity contribution in [3.63, 3.8) is 0 Å². The van der Waals surface area contributed by atoms with Crippen molar-refractivity contribution in [1.82, 2.24) is 0 Å². The van der Waals surface area contributed by atoms with Crippen LogP contribution >= 0.6 is 0 Å². The van der Waals surface area contributed by atoms with E-state index >= 15 is 0 Å². The Hall–Kier alpha value is -4.86. The van der Waals surface area contributed by atoms with Crippen LogP contribution in [0, 0.1) is 0 Å². The molecule has 0 bridgehead atoms. The quantitative estimate of drug-likeness (QED) is 0.133. The van der Waals surface area contributed by atoms with Crippen molar-refractivity contribution < 1.29 is 52.2 Å². The molecule has 0 heterocycles. The van der Waals surface area contributed by atoms with Gasteiger partial charge in [0.2, 0.25) is 0 Å². The summed E-state index contributed by atoms with van der Waals surface area (Å²) in [6.07, 6.45) is 2.12. The van der Waals surface area contributed by atoms with Gasteiger partial charge in [0, 0.05) is 37.5 Å². The Morgan fingerprint density at radius 2 is 0.622 bits per heavy atom. The van der Waals surface area contributed by atoms with Crippen LogP contribution in [0.4, 0.5) is 0 Å². The third-order valence-corrected chi connectivity index (χ3v) is 9.85. The molecule has 12 nitrogen and oxygen atoms in total. The predicted molar refractivity (Wildman–Crippen MR) is 159 cm³/mol. The normalized spacial score (nSPS) is 11.7. The Kier molecular flexibility index (Phi) is 10.2. The summed E-state index contributed by atoms with van der Waals surface area (Å²) >= 11 is 0. The number of hydrogen-bond donors (Lipinski definition) is 0. The van der Waals surface area contributed by atoms with Gasteiger partial charge in [0.25, 0.3) is 0 Å². The van der Waals surface area contributed by atoms with E-state index in [9.17, 15) is 39.6 Å². The third-order valence-electron chi connectivity index (χ3n) is 6.06. The van der Waals surface area contributed by atoms with Crippen LogP contribution in [0.3, 0.4) is 0 Å². The zero-order valence-electron chi connectivity index (χ0n) is 23.1. The molecule has 45 heavy (non-hydrogen) atoms. The molecule has 0 saturated heterocycles. The van der Waals surface area contributed by atoms with E-state index in [4.69, 9.17) is 12.5 Å². The molecule has 4 aromatic carbocycles. The molecule has 0 N–H and O–H groups in total. The summed E-state index contributed by atoms with van der Waals surface area (Å²) in [6, 6.07) is 18.3. The van der Waals surface area contributed by atoms with Gasteiger partial charge in [0.05, 0.1) is 0 Å². The summed E-state index contributed by atoms with van der Waals surface area (Å²) in [7, 11) is -13.6. The Morgan fingerprint density at radius 3 is 0.822 bits per heavy atom. The highest BCUT2D eigenvalue weighted by Crippen LogP contribution is 2.33. The van der Waals surface area contributed by atoms with Gasteiger partial charge in [0.15, 0.2) is 0 Å². The average Bonchev–Trinajstić information content (AvgIpc) is 2.98. The first-order valence-corrected chi connectivity index (χ1v) is 17.1. The van der Waals surface area contributed by atoms with Crippen LogP contribution in [0.25, 0.3) is 0 Å². The molecule has 15 heteroatoms. The second-order valence-corrected chi connectivity index (χ2v) is 13.9. The van der Waals surface area contributed by atoms with Crippen LogP contribution in [-0.4, -0.2) is 44.1 Å². The second-order valence-electron chi connectivity index (χ2n) is 9.30. The van der Waals surface area contributed by atoms with Crippen LogP contribution in [-0.2, 0) is 64.0 Å². The predicted octanol–water partition coefficient (Wildman–Crippen LogP) is 3.21. The zero-order valence-corrected chi connectivity index (χ0v) is 25.6. The molecule has 0 amide bonds. The van der Waals surface area contributed by atoms with E-state index in [1.165, 1.54) is 72.8 Å². The van der Waals surface area contributed by atoms with Crippen molar-refractivity contribution in [1.29, 1.82) is 0 Å². The molecule has 0 aliphatic carbocycles. The van der Waals surface area contributed by atoms with Gasteiger partial charge in [0.1, 0.15) is 50.8 Å². The van der Waals surface area contributed by atoms with Crippen LogP contribution in [0.2, 0.25) is 0 Å². The van der Waals surface area contributed by atoms with Gasteiger partial charge in [-0.1, -0.05) is 36.4 Å². The Labute approximate surface area is 259 Å². The van der Waals surface area contributed by atoms with Gasteiger partial charge < -0.3 is 26.9 Å². The molecule has 0 atom stereocenters. The first-order chi connectivity index (χ1) is 21.3. The monoisotopic (exact) mass is 672 g/mol. The van der Waals surface area contributed by atoms with Crippen molar-refractivity contribution in [2.75, 3.05) is 0 Å². The topological polar surface area (TPSA) is 181 Å². The minimum Gasteiger partial charge on any atom is -0.379 e. The fourth-order valence-corrected chi connectivity index (χ4v) is 6.63. The minimum absolute atomic E-state index is 0.0594. The van der Waals surface area contributed by atoms with Crippen LogP contribution in [0.5, 0.6) is 17.2 Å². The molecular formula is C30H24O12S3. The first kappa shape index (κ1) is 33.0. The van der Waals surface area contributed by atoms with Crippen LogP contribution in [0.1, 0.15) is 16.7 Å². The number of carbonyl (C=O) groups is 3. The number of carbonyl (C=O) groups excluding carboxylic acids is 3. The smallest absolute Gasteiger partial charge is 0.339 e. The van der Waals surface area contributed by atoms with Gasteiger partial charge in [-0.3, -0.25) is 0 Å². The number of benzene rings is 4. The summed E-state index contributed by atoms with van der Waals surface area (Å²) in [4.78, 5) is 31.3. The molecule has 0 radical (unpaired) electrons. The van der Waals surface area contributed by atoms with E-state index in [0.717, 1.165) is 18.2 Å². The molecule has 0 unspecified atom stereocenters. The molecule has 0 saturated carbocycles. The lowest BCUT2D eigenvalue weighted by Crippen LogP contribution is -2.13. The van der Waals surface area contributed by atoms with E-state index in [-0.39, 0.29) is 33.9 Å². The summed E-state index contributed by atoms with van der Waals surface area (Å²) in [5.41, 5.74) is 1.64. The molecule has 0 aliphatic rings. The Morgan fingerprint density at radius 1 is 0.400 bits per heavy atom. The largest absolute Gasteiger partial charge is 0.379 e. The summed E-state index contributed by atoms with van der Waals surface area (Å²) in [6.45, 7) is 0. The molecule has 0 aromatic heterocycles. The standard InChI is InChI=1S/C30H24O12S3/c31-16-13-22-1-7-28(8-2-22)43(34,35)40-25-19-26(41-44(36,37)29-9-3-23(4-10-29)14-17-32)21-27(20-25)42-45(38,39)30-11-5-24(6-12-30)15-18-33/h1-12,16-21H,13-15H2. The van der Waals surface area contributed by atoms with Crippen molar-refractivity contribution >= 4 is 49.2 Å². The van der Waals surface area contributed by atoms with E-state index in [1.54, 1.807) is 0 Å². The second kappa shape index (κ2) is 13.8. The highest BCUT2D eigenvalue weighted by atomic mass is 32.2. The van der Waals surface area contributed by atoms with Gasteiger partial charge in [-0.05, 0) is 53.1 Å². The van der Waals surface area contributed by atoms with E-state index in [0.29, 0.717) is 35.5 Å². The number of hydrogen-bond acceptors (Lipinski definition) is 12. The summed E-state index contributed by atoms with van der Waals surface area (Å²) in [5, 5.41) is 0. The van der Waals surface area contributed by atoms with E-state index in [2.05, 4.69) is 0 Å². The fraction of sp³-hybridized carbons (Fsp3) is 0.100.